The zero-order valence-corrected chi connectivity index (χ0v) is 20.5. The molecule has 0 bridgehead atoms. The second-order valence-corrected chi connectivity index (χ2v) is 8.95. The van der Waals surface area contributed by atoms with Gasteiger partial charge >= 0.3 is 5.97 Å². The summed E-state index contributed by atoms with van der Waals surface area (Å²) >= 11 is 0. The Morgan fingerprint density at radius 1 is 1.14 bits per heavy atom. The summed E-state index contributed by atoms with van der Waals surface area (Å²) in [5.41, 5.74) is 1.75. The number of hydrogen-bond donors (Lipinski definition) is 2. The smallest absolute Gasteiger partial charge is 0.326 e. The molecule has 0 spiro atoms. The number of halogens is 1. The highest BCUT2D eigenvalue weighted by Gasteiger charge is 2.25. The van der Waals surface area contributed by atoms with E-state index in [-0.39, 0.29) is 29.8 Å². The van der Waals surface area contributed by atoms with Crippen LogP contribution in [0, 0.1) is 11.7 Å². The lowest BCUT2D eigenvalue weighted by molar-refractivity contribution is -0.142. The van der Waals surface area contributed by atoms with Gasteiger partial charge in [0, 0.05) is 19.4 Å². The molecular weight excluding hydrogens is 451 g/mol. The van der Waals surface area contributed by atoms with Crippen molar-refractivity contribution in [2.24, 2.45) is 5.92 Å². The van der Waals surface area contributed by atoms with Crippen molar-refractivity contribution >= 4 is 11.9 Å². The van der Waals surface area contributed by atoms with E-state index >= 15 is 0 Å². The Morgan fingerprint density at radius 3 is 2.43 bits per heavy atom. The Balaban J connectivity index is 1.40. The molecule has 1 saturated heterocycles. The molecular formula is C27H35FN2O5. The number of amides is 1. The maximum Gasteiger partial charge on any atom is 0.326 e. The number of carbonyl (C=O) groups excluding carboxylic acids is 1. The summed E-state index contributed by atoms with van der Waals surface area (Å²) in [6, 6.07) is 11.3. The van der Waals surface area contributed by atoms with Crippen LogP contribution in [0.25, 0.3) is 0 Å². The molecule has 1 heterocycles. The first kappa shape index (κ1) is 26.5. The molecule has 35 heavy (non-hydrogen) atoms. The highest BCUT2D eigenvalue weighted by atomic mass is 19.1. The number of carboxylic acids is 1. The highest BCUT2D eigenvalue weighted by Crippen LogP contribution is 2.22. The largest absolute Gasteiger partial charge is 0.497 e. The summed E-state index contributed by atoms with van der Waals surface area (Å²) in [4.78, 5) is 26.6. The third kappa shape index (κ3) is 8.24. The predicted octanol–water partition coefficient (Wildman–Crippen LogP) is 3.69. The minimum atomic E-state index is -1.05. The van der Waals surface area contributed by atoms with E-state index in [2.05, 4.69) is 10.2 Å². The number of piperidine rings is 1. The van der Waals surface area contributed by atoms with Crippen LogP contribution in [0.2, 0.25) is 0 Å². The topological polar surface area (TPSA) is 88.1 Å². The first-order valence-corrected chi connectivity index (χ1v) is 12.2. The maximum atomic E-state index is 14.1. The van der Waals surface area contributed by atoms with E-state index in [4.69, 9.17) is 9.47 Å². The van der Waals surface area contributed by atoms with Gasteiger partial charge in [0.1, 0.15) is 11.8 Å². The van der Waals surface area contributed by atoms with Gasteiger partial charge in [0.15, 0.2) is 11.6 Å². The molecule has 0 saturated carbocycles. The number of rotatable bonds is 12. The molecule has 190 valence electrons. The molecule has 1 unspecified atom stereocenters. The lowest BCUT2D eigenvalue weighted by Crippen LogP contribution is -2.43. The summed E-state index contributed by atoms with van der Waals surface area (Å²) in [5, 5.41) is 12.2. The first-order chi connectivity index (χ1) is 16.9. The number of benzene rings is 2. The monoisotopic (exact) mass is 486 g/mol. The number of nitrogens with zero attached hydrogens (tertiary/aromatic N) is 1. The summed E-state index contributed by atoms with van der Waals surface area (Å²) in [6.07, 6.45) is 3.04. The van der Waals surface area contributed by atoms with Crippen LogP contribution in [0.3, 0.4) is 0 Å². The first-order valence-electron chi connectivity index (χ1n) is 12.2. The molecule has 1 atom stereocenters. The third-order valence-corrected chi connectivity index (χ3v) is 6.43. The quantitative estimate of drug-likeness (QED) is 0.476. The van der Waals surface area contributed by atoms with Gasteiger partial charge in [0.05, 0.1) is 13.7 Å². The van der Waals surface area contributed by atoms with E-state index in [0.29, 0.717) is 18.8 Å². The zero-order chi connectivity index (χ0) is 25.2. The fraction of sp³-hybridized carbons (Fsp3) is 0.481. The van der Waals surface area contributed by atoms with Gasteiger partial charge in [0.25, 0.3) is 0 Å². The van der Waals surface area contributed by atoms with Crippen molar-refractivity contribution in [1.29, 1.82) is 0 Å². The van der Waals surface area contributed by atoms with Crippen LogP contribution in [0.4, 0.5) is 4.39 Å². The molecule has 2 N–H and O–H groups in total. The van der Waals surface area contributed by atoms with Gasteiger partial charge < -0.3 is 24.8 Å². The molecule has 1 amide bonds. The molecule has 3 rings (SSSR count). The van der Waals surface area contributed by atoms with Gasteiger partial charge in [-0.2, -0.15) is 0 Å². The van der Waals surface area contributed by atoms with Crippen LogP contribution in [-0.2, 0) is 22.4 Å². The Morgan fingerprint density at radius 2 is 1.83 bits per heavy atom. The van der Waals surface area contributed by atoms with Crippen LogP contribution < -0.4 is 14.8 Å². The molecule has 0 aromatic heterocycles. The van der Waals surface area contributed by atoms with Gasteiger partial charge in [-0.3, -0.25) is 4.79 Å². The molecule has 2 aromatic carbocycles. The molecule has 2 aromatic rings. The summed E-state index contributed by atoms with van der Waals surface area (Å²) < 4.78 is 24.4. The molecule has 8 heteroatoms. The summed E-state index contributed by atoms with van der Waals surface area (Å²) in [7, 11) is 1.57. The SMILES string of the molecule is CCOc1ccc(CCN2CCC(CC(=O)NC(Cc3ccc(OC)cc3)C(=O)O)CC2)cc1F. The number of carboxylic acid groups (broad SMARTS) is 1. The van der Waals surface area contributed by atoms with Crippen LogP contribution in [-0.4, -0.2) is 61.3 Å². The predicted molar refractivity (Wildman–Crippen MR) is 131 cm³/mol. The van der Waals surface area contributed by atoms with E-state index in [1.54, 1.807) is 37.4 Å². The molecule has 1 aliphatic rings. The maximum absolute atomic E-state index is 14.1. The van der Waals surface area contributed by atoms with Gasteiger partial charge in [0.2, 0.25) is 5.91 Å². The van der Waals surface area contributed by atoms with Crippen LogP contribution in [0.5, 0.6) is 11.5 Å². The van der Waals surface area contributed by atoms with E-state index in [1.807, 2.05) is 13.0 Å². The van der Waals surface area contributed by atoms with Crippen LogP contribution >= 0.6 is 0 Å². The Labute approximate surface area is 206 Å². The van der Waals surface area contributed by atoms with Crippen molar-refractivity contribution in [3.05, 3.63) is 59.4 Å². The van der Waals surface area contributed by atoms with E-state index in [0.717, 1.165) is 50.0 Å². The lowest BCUT2D eigenvalue weighted by Gasteiger charge is -2.32. The number of methoxy groups -OCH3 is 1. The molecule has 0 radical (unpaired) electrons. The van der Waals surface area contributed by atoms with Crippen molar-refractivity contribution in [2.45, 2.75) is 45.1 Å². The number of ether oxygens (including phenoxy) is 2. The number of nitrogens with one attached hydrogen (secondary N) is 1. The van der Waals surface area contributed by atoms with Gasteiger partial charge in [-0.1, -0.05) is 18.2 Å². The van der Waals surface area contributed by atoms with Crippen molar-refractivity contribution in [2.75, 3.05) is 33.4 Å². The zero-order valence-electron chi connectivity index (χ0n) is 20.5. The van der Waals surface area contributed by atoms with Crippen molar-refractivity contribution < 1.29 is 28.6 Å². The third-order valence-electron chi connectivity index (χ3n) is 6.43. The minimum Gasteiger partial charge on any atom is -0.497 e. The van der Waals surface area contributed by atoms with E-state index in [9.17, 15) is 19.1 Å². The van der Waals surface area contributed by atoms with E-state index < -0.39 is 12.0 Å². The average Bonchev–Trinajstić information content (AvgIpc) is 2.85. The fourth-order valence-electron chi connectivity index (χ4n) is 4.39. The summed E-state index contributed by atoms with van der Waals surface area (Å²) in [5.74, 6) is -0.401. The minimum absolute atomic E-state index is 0.218. The number of carbonyl (C=O) groups is 2. The van der Waals surface area contributed by atoms with E-state index in [1.165, 1.54) is 6.07 Å². The van der Waals surface area contributed by atoms with Crippen molar-refractivity contribution in [3.63, 3.8) is 0 Å². The molecule has 1 aliphatic heterocycles. The van der Waals surface area contributed by atoms with Crippen LogP contribution in [0.1, 0.15) is 37.3 Å². The van der Waals surface area contributed by atoms with Gasteiger partial charge in [-0.25, -0.2) is 9.18 Å². The standard InChI is InChI=1S/C27H35FN2O5/c1-3-35-25-9-6-20(16-23(25)28)10-13-30-14-11-21(12-15-30)18-26(31)29-24(27(32)33)17-19-4-7-22(34-2)8-5-19/h4-9,16,21,24H,3,10-15,17-18H2,1-2H3,(H,29,31)(H,32,33). The Hall–Kier alpha value is -3.13. The van der Waals surface area contributed by atoms with Gasteiger partial charge in [-0.15, -0.1) is 0 Å². The second-order valence-electron chi connectivity index (χ2n) is 8.95. The summed E-state index contributed by atoms with van der Waals surface area (Å²) in [6.45, 7) is 4.82. The Kier molecular flexibility index (Phi) is 9.90. The van der Waals surface area contributed by atoms with Crippen molar-refractivity contribution in [1.82, 2.24) is 10.2 Å². The molecule has 1 fully saturated rings. The number of hydrogen-bond acceptors (Lipinski definition) is 5. The molecule has 0 aliphatic carbocycles. The highest BCUT2D eigenvalue weighted by molar-refractivity contribution is 5.83. The van der Waals surface area contributed by atoms with Crippen LogP contribution in [0.15, 0.2) is 42.5 Å². The van der Waals surface area contributed by atoms with Crippen molar-refractivity contribution in [3.8, 4) is 11.5 Å². The molecule has 7 nitrogen and oxygen atoms in total. The number of likely N-dealkylation sites (tertiary alicyclic amines) is 1. The average molecular weight is 487 g/mol. The lowest BCUT2D eigenvalue weighted by atomic mass is 9.92. The Bertz CT molecular complexity index is 974. The normalized spacial score (nSPS) is 15.4. The van der Waals surface area contributed by atoms with Gasteiger partial charge in [-0.05, 0) is 80.6 Å². The number of aliphatic carboxylic acids is 1. The second kappa shape index (κ2) is 13.1. The fourth-order valence-corrected chi connectivity index (χ4v) is 4.39.